The number of rotatable bonds is 4. The third-order valence-corrected chi connectivity index (χ3v) is 3.81. The number of benzene rings is 1. The molecule has 1 aliphatic rings. The van der Waals surface area contributed by atoms with Gasteiger partial charge in [-0.25, -0.2) is 0 Å². The molecule has 2 heterocycles. The maximum absolute atomic E-state index is 6.29. The normalized spacial score (nSPS) is 16.1. The predicted octanol–water partition coefficient (Wildman–Crippen LogP) is 2.25. The topological polar surface area (TPSA) is 56.7 Å². The molecule has 100 valence electrons. The van der Waals surface area contributed by atoms with E-state index in [1.165, 1.54) is 18.4 Å². The van der Waals surface area contributed by atoms with E-state index in [0.717, 1.165) is 37.5 Å². The molecule has 0 radical (unpaired) electrons. The highest BCUT2D eigenvalue weighted by Crippen LogP contribution is 2.20. The second kappa shape index (κ2) is 5.53. The van der Waals surface area contributed by atoms with Crippen LogP contribution in [0.15, 0.2) is 30.3 Å². The van der Waals surface area contributed by atoms with Crippen molar-refractivity contribution in [2.24, 2.45) is 5.73 Å². The van der Waals surface area contributed by atoms with Crippen LogP contribution in [0.3, 0.4) is 0 Å². The number of nitrogens with zero attached hydrogens (tertiary/aromatic N) is 3. The third kappa shape index (κ3) is 2.68. The molecule has 0 saturated heterocycles. The van der Waals surface area contributed by atoms with E-state index < -0.39 is 0 Å². The van der Waals surface area contributed by atoms with Crippen molar-refractivity contribution in [1.82, 2.24) is 14.8 Å². The first kappa shape index (κ1) is 12.4. The van der Waals surface area contributed by atoms with Gasteiger partial charge in [0.15, 0.2) is 0 Å². The highest BCUT2D eigenvalue weighted by Gasteiger charge is 2.20. The summed E-state index contributed by atoms with van der Waals surface area (Å²) in [4.78, 5) is 0. The first-order valence-corrected chi connectivity index (χ1v) is 7.06. The smallest absolute Gasteiger partial charge is 0.149 e. The van der Waals surface area contributed by atoms with Gasteiger partial charge in [0.25, 0.3) is 0 Å². The molecule has 0 saturated carbocycles. The lowest BCUT2D eigenvalue weighted by Crippen LogP contribution is -2.20. The average Bonchev–Trinajstić information content (AvgIpc) is 2.90. The van der Waals surface area contributed by atoms with Crippen LogP contribution >= 0.6 is 0 Å². The molecule has 4 heteroatoms. The molecule has 1 atom stereocenters. The molecule has 1 aliphatic heterocycles. The number of hydrogen-bond donors (Lipinski definition) is 1. The van der Waals surface area contributed by atoms with E-state index in [1.54, 1.807) is 0 Å². The number of nitrogens with two attached hydrogens (primary N) is 1. The Bertz CT molecular complexity index is 532. The van der Waals surface area contributed by atoms with E-state index in [-0.39, 0.29) is 6.04 Å². The van der Waals surface area contributed by atoms with Crippen molar-refractivity contribution in [3.63, 3.8) is 0 Å². The number of fused-ring (bicyclic) bond motifs is 1. The molecule has 0 amide bonds. The Kier molecular flexibility index (Phi) is 3.60. The minimum Gasteiger partial charge on any atom is -0.321 e. The van der Waals surface area contributed by atoms with Crippen LogP contribution in [-0.2, 0) is 19.4 Å². The molecule has 2 aromatic rings. The van der Waals surface area contributed by atoms with Crippen LogP contribution in [0.25, 0.3) is 0 Å². The van der Waals surface area contributed by atoms with Crippen LogP contribution in [0.5, 0.6) is 0 Å². The summed E-state index contributed by atoms with van der Waals surface area (Å²) in [6.07, 6.45) is 5.38. The lowest BCUT2D eigenvalue weighted by atomic mass is 10.0. The van der Waals surface area contributed by atoms with Crippen molar-refractivity contribution in [3.8, 4) is 0 Å². The van der Waals surface area contributed by atoms with Crippen molar-refractivity contribution in [2.75, 3.05) is 0 Å². The van der Waals surface area contributed by atoms with E-state index in [2.05, 4.69) is 39.0 Å². The summed E-state index contributed by atoms with van der Waals surface area (Å²) >= 11 is 0. The van der Waals surface area contributed by atoms with Gasteiger partial charge in [-0.15, -0.1) is 10.2 Å². The van der Waals surface area contributed by atoms with Gasteiger partial charge >= 0.3 is 0 Å². The van der Waals surface area contributed by atoms with Crippen LogP contribution in [-0.4, -0.2) is 14.8 Å². The summed E-state index contributed by atoms with van der Waals surface area (Å²) in [6.45, 7) is 1.02. The van der Waals surface area contributed by atoms with Crippen molar-refractivity contribution in [2.45, 2.75) is 44.7 Å². The zero-order valence-corrected chi connectivity index (χ0v) is 11.1. The molecular weight excluding hydrogens is 236 g/mol. The maximum Gasteiger partial charge on any atom is 0.149 e. The fourth-order valence-corrected chi connectivity index (χ4v) is 2.70. The summed E-state index contributed by atoms with van der Waals surface area (Å²) in [5.41, 5.74) is 7.62. The summed E-state index contributed by atoms with van der Waals surface area (Å²) < 4.78 is 2.22. The fraction of sp³-hybridized carbons (Fsp3) is 0.467. The molecule has 19 heavy (non-hydrogen) atoms. The Morgan fingerprint density at radius 2 is 2.00 bits per heavy atom. The highest BCUT2D eigenvalue weighted by molar-refractivity contribution is 5.15. The standard InChI is InChI=1S/C15H20N4/c16-13(10-9-12-6-2-1-3-7-12)15-18-17-14-8-4-5-11-19(14)15/h1-3,6-7,13H,4-5,8-11,16H2. The number of aryl methyl sites for hydroxylation is 2. The van der Waals surface area contributed by atoms with Gasteiger partial charge in [-0.05, 0) is 31.2 Å². The highest BCUT2D eigenvalue weighted by atomic mass is 15.3. The molecule has 3 rings (SSSR count). The summed E-state index contributed by atoms with van der Waals surface area (Å²) in [5, 5.41) is 8.56. The number of hydrogen-bond acceptors (Lipinski definition) is 3. The van der Waals surface area contributed by atoms with Crippen LogP contribution < -0.4 is 5.73 Å². The molecule has 0 spiro atoms. The Balaban J connectivity index is 1.67. The second-order valence-corrected chi connectivity index (χ2v) is 5.21. The molecule has 4 nitrogen and oxygen atoms in total. The molecule has 0 bridgehead atoms. The minimum atomic E-state index is -0.0143. The quantitative estimate of drug-likeness (QED) is 0.912. The third-order valence-electron chi connectivity index (χ3n) is 3.81. The van der Waals surface area contributed by atoms with Crippen LogP contribution in [0, 0.1) is 0 Å². The fourth-order valence-electron chi connectivity index (χ4n) is 2.70. The van der Waals surface area contributed by atoms with Crippen molar-refractivity contribution in [1.29, 1.82) is 0 Å². The van der Waals surface area contributed by atoms with Gasteiger partial charge in [0.2, 0.25) is 0 Å². The van der Waals surface area contributed by atoms with E-state index in [1.807, 2.05) is 6.07 Å². The second-order valence-electron chi connectivity index (χ2n) is 5.21. The van der Waals surface area contributed by atoms with Gasteiger partial charge in [0.1, 0.15) is 11.6 Å². The monoisotopic (exact) mass is 256 g/mol. The Hall–Kier alpha value is -1.68. The summed E-state index contributed by atoms with van der Waals surface area (Å²) in [7, 11) is 0. The summed E-state index contributed by atoms with van der Waals surface area (Å²) in [6, 6.07) is 10.5. The van der Waals surface area contributed by atoms with E-state index >= 15 is 0 Å². The Morgan fingerprint density at radius 3 is 2.84 bits per heavy atom. The van der Waals surface area contributed by atoms with Gasteiger partial charge < -0.3 is 10.3 Å². The first-order chi connectivity index (χ1) is 9.34. The Morgan fingerprint density at radius 1 is 1.16 bits per heavy atom. The van der Waals surface area contributed by atoms with Gasteiger partial charge in [-0.1, -0.05) is 30.3 Å². The average molecular weight is 256 g/mol. The lowest BCUT2D eigenvalue weighted by Gasteiger charge is -2.17. The molecule has 2 N–H and O–H groups in total. The van der Waals surface area contributed by atoms with Crippen molar-refractivity contribution in [3.05, 3.63) is 47.5 Å². The van der Waals surface area contributed by atoms with Gasteiger partial charge in [-0.3, -0.25) is 0 Å². The van der Waals surface area contributed by atoms with E-state index in [4.69, 9.17) is 5.73 Å². The van der Waals surface area contributed by atoms with Crippen LogP contribution in [0.2, 0.25) is 0 Å². The minimum absolute atomic E-state index is 0.0143. The predicted molar refractivity (Wildman–Crippen MR) is 74.7 cm³/mol. The van der Waals surface area contributed by atoms with E-state index in [0.29, 0.717) is 0 Å². The summed E-state index contributed by atoms with van der Waals surface area (Å²) in [5.74, 6) is 2.07. The maximum atomic E-state index is 6.29. The lowest BCUT2D eigenvalue weighted by molar-refractivity contribution is 0.482. The SMILES string of the molecule is NC(CCc1ccccc1)c1nnc2n1CCCC2. The van der Waals surface area contributed by atoms with Crippen molar-refractivity contribution >= 4 is 0 Å². The first-order valence-electron chi connectivity index (χ1n) is 7.06. The zero-order chi connectivity index (χ0) is 13.1. The molecule has 0 aliphatic carbocycles. The number of aromatic nitrogens is 3. The molecule has 1 aromatic heterocycles. The van der Waals surface area contributed by atoms with Crippen LogP contribution in [0.4, 0.5) is 0 Å². The molecule has 1 unspecified atom stereocenters. The van der Waals surface area contributed by atoms with E-state index in [9.17, 15) is 0 Å². The zero-order valence-electron chi connectivity index (χ0n) is 11.1. The largest absolute Gasteiger partial charge is 0.321 e. The molecule has 1 aromatic carbocycles. The molecule has 0 fully saturated rings. The van der Waals surface area contributed by atoms with Crippen molar-refractivity contribution < 1.29 is 0 Å². The van der Waals surface area contributed by atoms with Gasteiger partial charge in [-0.2, -0.15) is 0 Å². The van der Waals surface area contributed by atoms with Gasteiger partial charge in [0, 0.05) is 13.0 Å². The Labute approximate surface area is 113 Å². The van der Waals surface area contributed by atoms with Crippen LogP contribution in [0.1, 0.15) is 42.5 Å². The molecular formula is C15H20N4. The van der Waals surface area contributed by atoms with Gasteiger partial charge in [0.05, 0.1) is 6.04 Å².